The van der Waals surface area contributed by atoms with E-state index in [1.54, 1.807) is 0 Å². The third-order valence-electron chi connectivity index (χ3n) is 6.84. The fourth-order valence-electron chi connectivity index (χ4n) is 4.99. The smallest absolute Gasteiger partial charge is 0.273 e. The Labute approximate surface area is 217 Å². The number of carbonyl (C=O) groups is 3. The van der Waals surface area contributed by atoms with Crippen molar-refractivity contribution in [2.24, 2.45) is 5.41 Å². The molecule has 5 nitrogen and oxygen atoms in total. The standard InChI is InChI=1S/C32H28N2O3/c35-29-32(21-25-13-5-1-6-14-25,22-26-15-7-2-8-16-26)30(36)34(24-28-19-11-4-12-20-28)31(37)33(29)23-27-17-9-3-10-18-27/h1-20H,21-24H2. The zero-order valence-electron chi connectivity index (χ0n) is 20.5. The monoisotopic (exact) mass is 488 g/mol. The lowest BCUT2D eigenvalue weighted by molar-refractivity contribution is -0.159. The zero-order chi connectivity index (χ0) is 25.7. The number of nitrogens with zero attached hydrogens (tertiary/aromatic N) is 2. The van der Waals surface area contributed by atoms with Crippen LogP contribution in [0.25, 0.3) is 0 Å². The summed E-state index contributed by atoms with van der Waals surface area (Å²) in [5.74, 6) is -0.910. The van der Waals surface area contributed by atoms with Crippen LogP contribution in [0.5, 0.6) is 0 Å². The van der Waals surface area contributed by atoms with Crippen LogP contribution in [-0.4, -0.2) is 27.6 Å². The Morgan fingerprint density at radius 2 is 0.730 bits per heavy atom. The Morgan fingerprint density at radius 3 is 1.05 bits per heavy atom. The van der Waals surface area contributed by atoms with Gasteiger partial charge in [0.2, 0.25) is 11.8 Å². The molecule has 4 aromatic carbocycles. The summed E-state index contributed by atoms with van der Waals surface area (Å²) in [4.78, 5) is 44.9. The predicted molar refractivity (Wildman–Crippen MR) is 142 cm³/mol. The van der Waals surface area contributed by atoms with Crippen LogP contribution in [0.15, 0.2) is 121 Å². The van der Waals surface area contributed by atoms with Gasteiger partial charge in [-0.25, -0.2) is 4.79 Å². The van der Waals surface area contributed by atoms with E-state index in [1.807, 2.05) is 121 Å². The number of hydrogen-bond acceptors (Lipinski definition) is 3. The summed E-state index contributed by atoms with van der Waals surface area (Å²) in [6.45, 7) is 0.199. The summed E-state index contributed by atoms with van der Waals surface area (Å²) < 4.78 is 0. The SMILES string of the molecule is O=C1N(Cc2ccccc2)C(=O)C(Cc2ccccc2)(Cc2ccccc2)C(=O)N1Cc1ccccc1. The first kappa shape index (κ1) is 24.2. The summed E-state index contributed by atoms with van der Waals surface area (Å²) in [5, 5.41) is 0. The van der Waals surface area contributed by atoms with Gasteiger partial charge in [0.05, 0.1) is 13.1 Å². The Balaban J connectivity index is 1.62. The Morgan fingerprint density at radius 1 is 0.432 bits per heavy atom. The molecule has 1 fully saturated rings. The van der Waals surface area contributed by atoms with E-state index in [0.717, 1.165) is 22.3 Å². The van der Waals surface area contributed by atoms with Crippen molar-refractivity contribution in [1.82, 2.24) is 9.80 Å². The predicted octanol–water partition coefficient (Wildman–Crippen LogP) is 5.65. The molecule has 0 aliphatic carbocycles. The second-order valence-corrected chi connectivity index (χ2v) is 9.44. The lowest BCUT2D eigenvalue weighted by Gasteiger charge is -2.44. The molecule has 4 aromatic rings. The van der Waals surface area contributed by atoms with Gasteiger partial charge in [0.15, 0.2) is 0 Å². The lowest BCUT2D eigenvalue weighted by atomic mass is 9.72. The summed E-state index contributed by atoms with van der Waals surface area (Å²) in [5.41, 5.74) is 1.93. The molecule has 1 aliphatic heterocycles. The second-order valence-electron chi connectivity index (χ2n) is 9.44. The molecule has 1 saturated heterocycles. The van der Waals surface area contributed by atoms with Crippen LogP contribution >= 0.6 is 0 Å². The van der Waals surface area contributed by atoms with E-state index in [4.69, 9.17) is 0 Å². The molecule has 0 unspecified atom stereocenters. The molecule has 5 rings (SSSR count). The van der Waals surface area contributed by atoms with Crippen molar-refractivity contribution in [3.63, 3.8) is 0 Å². The minimum atomic E-state index is -1.46. The fraction of sp³-hybridized carbons (Fsp3) is 0.156. The number of urea groups is 1. The van der Waals surface area contributed by atoms with Gasteiger partial charge in [-0.2, -0.15) is 0 Å². The van der Waals surface area contributed by atoms with Gasteiger partial charge in [0, 0.05) is 0 Å². The Hall–Kier alpha value is -4.51. The van der Waals surface area contributed by atoms with Crippen LogP contribution in [0, 0.1) is 5.41 Å². The first-order valence-electron chi connectivity index (χ1n) is 12.4. The molecule has 0 radical (unpaired) electrons. The van der Waals surface area contributed by atoms with Gasteiger partial charge < -0.3 is 0 Å². The van der Waals surface area contributed by atoms with Crippen molar-refractivity contribution >= 4 is 17.8 Å². The molecule has 1 heterocycles. The van der Waals surface area contributed by atoms with Gasteiger partial charge in [0.25, 0.3) is 0 Å². The molecule has 0 aromatic heterocycles. The number of benzene rings is 4. The van der Waals surface area contributed by atoms with Crippen LogP contribution in [0.3, 0.4) is 0 Å². The van der Waals surface area contributed by atoms with Crippen molar-refractivity contribution in [3.8, 4) is 0 Å². The minimum Gasteiger partial charge on any atom is -0.273 e. The maximum Gasteiger partial charge on any atom is 0.334 e. The molecular weight excluding hydrogens is 460 g/mol. The lowest BCUT2D eigenvalue weighted by Crippen LogP contribution is -2.66. The molecule has 184 valence electrons. The topological polar surface area (TPSA) is 57.7 Å². The average molecular weight is 489 g/mol. The van der Waals surface area contributed by atoms with Gasteiger partial charge >= 0.3 is 6.03 Å². The first-order chi connectivity index (χ1) is 18.1. The number of rotatable bonds is 8. The number of carbonyl (C=O) groups excluding carboxylic acids is 3. The van der Waals surface area contributed by atoms with Gasteiger partial charge in [-0.3, -0.25) is 19.4 Å². The quantitative estimate of drug-likeness (QED) is 0.301. The van der Waals surface area contributed by atoms with Gasteiger partial charge in [0.1, 0.15) is 5.41 Å². The van der Waals surface area contributed by atoms with Crippen LogP contribution in [-0.2, 0) is 35.5 Å². The minimum absolute atomic E-state index is 0.0996. The normalized spacial score (nSPS) is 15.2. The maximum atomic E-state index is 14.3. The molecular formula is C32H28N2O3. The number of imide groups is 2. The van der Waals surface area contributed by atoms with Crippen LogP contribution < -0.4 is 0 Å². The average Bonchev–Trinajstić information content (AvgIpc) is 2.95. The van der Waals surface area contributed by atoms with E-state index in [0.29, 0.717) is 0 Å². The number of hydrogen-bond donors (Lipinski definition) is 0. The largest absolute Gasteiger partial charge is 0.334 e. The van der Waals surface area contributed by atoms with E-state index in [9.17, 15) is 14.4 Å². The molecule has 4 amide bonds. The molecule has 0 spiro atoms. The van der Waals surface area contributed by atoms with Gasteiger partial charge in [-0.05, 0) is 35.1 Å². The molecule has 0 bridgehead atoms. The van der Waals surface area contributed by atoms with E-state index < -0.39 is 23.3 Å². The summed E-state index contributed by atoms with van der Waals surface area (Å²) in [6.07, 6.45) is 0.397. The fourth-order valence-corrected chi connectivity index (χ4v) is 4.99. The summed E-state index contributed by atoms with van der Waals surface area (Å²) in [6, 6.07) is 37.4. The number of amides is 4. The third-order valence-corrected chi connectivity index (χ3v) is 6.84. The van der Waals surface area contributed by atoms with Crippen LogP contribution in [0.2, 0.25) is 0 Å². The summed E-state index contributed by atoms with van der Waals surface area (Å²) >= 11 is 0. The molecule has 0 N–H and O–H groups in total. The highest BCUT2D eigenvalue weighted by Crippen LogP contribution is 2.38. The van der Waals surface area contributed by atoms with Crippen LogP contribution in [0.1, 0.15) is 22.3 Å². The van der Waals surface area contributed by atoms with E-state index in [-0.39, 0.29) is 25.9 Å². The van der Waals surface area contributed by atoms with E-state index in [1.165, 1.54) is 9.80 Å². The highest BCUT2D eigenvalue weighted by atomic mass is 16.2. The van der Waals surface area contributed by atoms with Crippen LogP contribution in [0.4, 0.5) is 4.79 Å². The molecule has 1 aliphatic rings. The number of barbiturate groups is 1. The van der Waals surface area contributed by atoms with E-state index >= 15 is 0 Å². The maximum absolute atomic E-state index is 14.3. The highest BCUT2D eigenvalue weighted by molar-refractivity contribution is 6.19. The Kier molecular flexibility index (Phi) is 6.95. The van der Waals surface area contributed by atoms with Crippen molar-refractivity contribution in [3.05, 3.63) is 144 Å². The van der Waals surface area contributed by atoms with Gasteiger partial charge in [-0.1, -0.05) is 121 Å². The second kappa shape index (κ2) is 10.6. The van der Waals surface area contributed by atoms with Crippen molar-refractivity contribution in [1.29, 1.82) is 0 Å². The first-order valence-corrected chi connectivity index (χ1v) is 12.4. The molecule has 37 heavy (non-hydrogen) atoms. The summed E-state index contributed by atoms with van der Waals surface area (Å²) in [7, 11) is 0. The third kappa shape index (κ3) is 5.07. The molecule has 0 atom stereocenters. The molecule has 5 heteroatoms. The molecule has 0 saturated carbocycles. The van der Waals surface area contributed by atoms with Gasteiger partial charge in [-0.15, -0.1) is 0 Å². The van der Waals surface area contributed by atoms with Crippen molar-refractivity contribution in [2.75, 3.05) is 0 Å². The Bertz CT molecular complexity index is 1270. The van der Waals surface area contributed by atoms with Crippen molar-refractivity contribution < 1.29 is 14.4 Å². The van der Waals surface area contributed by atoms with E-state index in [2.05, 4.69) is 0 Å². The highest BCUT2D eigenvalue weighted by Gasteiger charge is 2.57. The van der Waals surface area contributed by atoms with Crippen molar-refractivity contribution in [2.45, 2.75) is 25.9 Å². The zero-order valence-corrected chi connectivity index (χ0v) is 20.5.